The third kappa shape index (κ3) is 4.46. The lowest BCUT2D eigenvalue weighted by atomic mass is 10.1. The number of rotatable bonds is 7. The third-order valence-electron chi connectivity index (χ3n) is 3.95. The molecule has 0 spiro atoms. The summed E-state index contributed by atoms with van der Waals surface area (Å²) in [5, 5.41) is 6.22. The Labute approximate surface area is 146 Å². The molecule has 1 aliphatic rings. The lowest BCUT2D eigenvalue weighted by molar-refractivity contribution is -0.118. The first-order valence-electron chi connectivity index (χ1n) is 7.96. The van der Waals surface area contributed by atoms with Gasteiger partial charge in [-0.2, -0.15) is 0 Å². The fourth-order valence-electron chi connectivity index (χ4n) is 2.65. The molecule has 3 rings (SSSR count). The molecule has 24 heavy (non-hydrogen) atoms. The fraction of sp³-hybridized carbons (Fsp3) is 0.263. The Kier molecular flexibility index (Phi) is 5.67. The fourth-order valence-corrected chi connectivity index (χ4v) is 3.40. The summed E-state index contributed by atoms with van der Waals surface area (Å²) in [5.74, 6) is 0.631. The summed E-state index contributed by atoms with van der Waals surface area (Å²) in [4.78, 5) is 23.9. The van der Waals surface area contributed by atoms with Crippen molar-refractivity contribution in [1.29, 1.82) is 0 Å². The molecule has 0 unspecified atom stereocenters. The lowest BCUT2D eigenvalue weighted by Gasteiger charge is -2.07. The van der Waals surface area contributed by atoms with E-state index in [0.717, 1.165) is 18.7 Å². The highest BCUT2D eigenvalue weighted by Crippen LogP contribution is 2.17. The number of carbonyl (C=O) groups is 2. The Balaban J connectivity index is 1.39. The number of nitrogens with one attached hydrogen (secondary N) is 2. The van der Waals surface area contributed by atoms with Crippen molar-refractivity contribution < 1.29 is 9.59 Å². The zero-order valence-corrected chi connectivity index (χ0v) is 14.2. The number of thioether (sulfide) groups is 1. The van der Waals surface area contributed by atoms with E-state index in [9.17, 15) is 9.59 Å². The van der Waals surface area contributed by atoms with E-state index in [2.05, 4.69) is 28.8 Å². The molecule has 1 amide bonds. The van der Waals surface area contributed by atoms with Crippen molar-refractivity contribution in [2.24, 2.45) is 0 Å². The lowest BCUT2D eigenvalue weighted by Crippen LogP contribution is -2.25. The molecule has 1 heterocycles. The highest BCUT2D eigenvalue weighted by Gasteiger charge is 2.11. The molecule has 0 radical (unpaired) electrons. The largest absolute Gasteiger partial charge is 0.351 e. The quantitative estimate of drug-likeness (QED) is 0.761. The molecule has 0 aromatic heterocycles. The van der Waals surface area contributed by atoms with Crippen molar-refractivity contribution in [3.05, 3.63) is 70.8 Å². The van der Waals surface area contributed by atoms with Crippen LogP contribution in [0.1, 0.15) is 27.0 Å². The summed E-state index contributed by atoms with van der Waals surface area (Å²) >= 11 is 1.35. The van der Waals surface area contributed by atoms with Crippen molar-refractivity contribution in [2.45, 2.75) is 19.6 Å². The van der Waals surface area contributed by atoms with Gasteiger partial charge in [0, 0.05) is 25.2 Å². The molecule has 0 aliphatic carbocycles. The Hall–Kier alpha value is -2.11. The first-order valence-corrected chi connectivity index (χ1v) is 9.12. The summed E-state index contributed by atoms with van der Waals surface area (Å²) in [5.41, 5.74) is 4.44. The number of Topliss-reactive ketones (excluding diaryl/α,β-unsaturated/α-hetero) is 1. The summed E-state index contributed by atoms with van der Waals surface area (Å²) < 4.78 is 0. The molecule has 124 valence electrons. The van der Waals surface area contributed by atoms with Gasteiger partial charge in [0.15, 0.2) is 5.78 Å². The first kappa shape index (κ1) is 16.7. The van der Waals surface area contributed by atoms with Gasteiger partial charge in [-0.3, -0.25) is 9.59 Å². The Morgan fingerprint density at radius 3 is 2.62 bits per heavy atom. The molecule has 2 N–H and O–H groups in total. The van der Waals surface area contributed by atoms with Gasteiger partial charge in [-0.15, -0.1) is 11.8 Å². The molecule has 0 saturated carbocycles. The maximum atomic E-state index is 12.0. The summed E-state index contributed by atoms with van der Waals surface area (Å²) in [6.07, 6.45) is 0. The Bertz CT molecular complexity index is 731. The summed E-state index contributed by atoms with van der Waals surface area (Å²) in [7, 11) is 0. The minimum absolute atomic E-state index is 0.0421. The highest BCUT2D eigenvalue weighted by molar-refractivity contribution is 8.00. The third-order valence-corrected chi connectivity index (χ3v) is 4.89. The van der Waals surface area contributed by atoms with Gasteiger partial charge < -0.3 is 10.6 Å². The van der Waals surface area contributed by atoms with Gasteiger partial charge >= 0.3 is 0 Å². The predicted molar refractivity (Wildman–Crippen MR) is 96.9 cm³/mol. The maximum absolute atomic E-state index is 12.0. The Morgan fingerprint density at radius 1 is 1.00 bits per heavy atom. The summed E-state index contributed by atoms with van der Waals surface area (Å²) in [6, 6.07) is 15.5. The van der Waals surface area contributed by atoms with Crippen LogP contribution in [0.25, 0.3) is 0 Å². The topological polar surface area (TPSA) is 58.2 Å². The number of hydrogen-bond donors (Lipinski definition) is 2. The minimum atomic E-state index is -0.0421. The smallest absolute Gasteiger partial charge is 0.230 e. The predicted octanol–water partition coefficient (Wildman–Crippen LogP) is 2.52. The standard InChI is InChI=1S/C19H20N2O2S/c22-18(15-4-2-1-3-5-15)12-24-13-19(23)21-9-14-6-7-16-10-20-11-17(16)8-14/h1-8,20H,9-13H2,(H,21,23). The zero-order chi connectivity index (χ0) is 16.8. The second-order valence-electron chi connectivity index (χ2n) is 5.77. The first-order chi connectivity index (χ1) is 11.7. The van der Waals surface area contributed by atoms with Crippen LogP contribution in [0.4, 0.5) is 0 Å². The van der Waals surface area contributed by atoms with Crippen molar-refractivity contribution >= 4 is 23.5 Å². The van der Waals surface area contributed by atoms with E-state index in [1.54, 1.807) is 12.1 Å². The Morgan fingerprint density at radius 2 is 1.79 bits per heavy atom. The van der Waals surface area contributed by atoms with E-state index in [1.165, 1.54) is 22.9 Å². The monoisotopic (exact) mass is 340 g/mol. The van der Waals surface area contributed by atoms with E-state index in [0.29, 0.717) is 23.6 Å². The van der Waals surface area contributed by atoms with Crippen LogP contribution in [-0.4, -0.2) is 23.2 Å². The highest BCUT2D eigenvalue weighted by atomic mass is 32.2. The number of benzene rings is 2. The van der Waals surface area contributed by atoms with Crippen molar-refractivity contribution in [3.8, 4) is 0 Å². The van der Waals surface area contributed by atoms with Gasteiger partial charge in [-0.05, 0) is 16.7 Å². The van der Waals surface area contributed by atoms with Gasteiger partial charge in [0.25, 0.3) is 0 Å². The van der Waals surface area contributed by atoms with Crippen LogP contribution in [0.5, 0.6) is 0 Å². The number of ketones is 1. The SMILES string of the molecule is O=C(CSCC(=O)c1ccccc1)NCc1ccc2c(c1)CNC2. The van der Waals surface area contributed by atoms with E-state index < -0.39 is 0 Å². The molecule has 0 bridgehead atoms. The average Bonchev–Trinajstić information content (AvgIpc) is 3.08. The maximum Gasteiger partial charge on any atom is 0.230 e. The molecular weight excluding hydrogens is 320 g/mol. The van der Waals surface area contributed by atoms with Gasteiger partial charge in [0.1, 0.15) is 0 Å². The normalized spacial score (nSPS) is 12.7. The molecule has 4 nitrogen and oxygen atoms in total. The van der Waals surface area contributed by atoms with E-state index in [-0.39, 0.29) is 11.7 Å². The van der Waals surface area contributed by atoms with Gasteiger partial charge in [-0.25, -0.2) is 0 Å². The number of amides is 1. The van der Waals surface area contributed by atoms with Crippen LogP contribution in [-0.2, 0) is 24.4 Å². The average molecular weight is 340 g/mol. The van der Waals surface area contributed by atoms with Crippen LogP contribution < -0.4 is 10.6 Å². The molecule has 0 atom stereocenters. The molecule has 0 fully saturated rings. The van der Waals surface area contributed by atoms with Crippen LogP contribution in [0.15, 0.2) is 48.5 Å². The second-order valence-corrected chi connectivity index (χ2v) is 6.75. The van der Waals surface area contributed by atoms with Gasteiger partial charge in [0.05, 0.1) is 11.5 Å². The minimum Gasteiger partial charge on any atom is -0.351 e. The molecule has 5 heteroatoms. The zero-order valence-electron chi connectivity index (χ0n) is 13.4. The molecule has 2 aromatic carbocycles. The molecule has 1 aliphatic heterocycles. The van der Waals surface area contributed by atoms with Crippen LogP contribution in [0, 0.1) is 0 Å². The van der Waals surface area contributed by atoms with Gasteiger partial charge in [0.2, 0.25) is 5.91 Å². The summed E-state index contributed by atoms with van der Waals surface area (Å²) in [6.45, 7) is 2.35. The molecule has 0 saturated heterocycles. The van der Waals surface area contributed by atoms with E-state index in [1.807, 2.05) is 18.2 Å². The van der Waals surface area contributed by atoms with Crippen LogP contribution in [0.3, 0.4) is 0 Å². The molecular formula is C19H20N2O2S. The van der Waals surface area contributed by atoms with Crippen LogP contribution >= 0.6 is 11.8 Å². The van der Waals surface area contributed by atoms with Crippen molar-refractivity contribution in [3.63, 3.8) is 0 Å². The van der Waals surface area contributed by atoms with Crippen LogP contribution in [0.2, 0.25) is 0 Å². The van der Waals surface area contributed by atoms with Crippen molar-refractivity contribution in [1.82, 2.24) is 10.6 Å². The van der Waals surface area contributed by atoms with E-state index in [4.69, 9.17) is 0 Å². The van der Waals surface area contributed by atoms with E-state index >= 15 is 0 Å². The second kappa shape index (κ2) is 8.13. The number of hydrogen-bond acceptors (Lipinski definition) is 4. The number of carbonyl (C=O) groups excluding carboxylic acids is 2. The van der Waals surface area contributed by atoms with Gasteiger partial charge in [-0.1, -0.05) is 48.5 Å². The molecule has 2 aromatic rings. The van der Waals surface area contributed by atoms with Crippen molar-refractivity contribution in [2.75, 3.05) is 11.5 Å². The number of fused-ring (bicyclic) bond motifs is 1.